The summed E-state index contributed by atoms with van der Waals surface area (Å²) in [4.78, 5) is 16.8. The maximum Gasteiger partial charge on any atom is 0.407 e. The van der Waals surface area contributed by atoms with Gasteiger partial charge in [-0.2, -0.15) is 4.98 Å². The second-order valence-corrected chi connectivity index (χ2v) is 8.74. The molecule has 2 heterocycles. The molecular weight excluding hydrogens is 402 g/mol. The molecule has 1 aliphatic rings. The number of hydrogen-bond acceptors (Lipinski definition) is 8. The van der Waals surface area contributed by atoms with Crippen LogP contribution in [-0.2, 0) is 25.9 Å². The Labute approximate surface area is 168 Å². The van der Waals surface area contributed by atoms with E-state index < -0.39 is 15.9 Å². The number of piperidine rings is 1. The van der Waals surface area contributed by atoms with E-state index in [2.05, 4.69) is 10.1 Å². The minimum absolute atomic E-state index is 0.0517. The first kappa shape index (κ1) is 21.2. The maximum absolute atomic E-state index is 12.2. The van der Waals surface area contributed by atoms with Crippen LogP contribution in [0.1, 0.15) is 18.7 Å². The standard InChI is InChI=1S/C18H23N3O7S/c1-26-10-11-29(24,25)15-4-2-13(3-5-15)17-19-16(20-28-17)12-27-14-6-8-21(9-7-14)18(22)23/h2-5,14H,6-12H2,1H3,(H,22,23). The quantitative estimate of drug-likeness (QED) is 0.672. The van der Waals surface area contributed by atoms with Crippen molar-refractivity contribution in [1.29, 1.82) is 0 Å². The Kier molecular flexibility index (Phi) is 6.83. The maximum atomic E-state index is 12.2. The van der Waals surface area contributed by atoms with Gasteiger partial charge in [-0.05, 0) is 37.1 Å². The van der Waals surface area contributed by atoms with Gasteiger partial charge in [0.1, 0.15) is 6.61 Å². The number of benzene rings is 1. The predicted molar refractivity (Wildman–Crippen MR) is 101 cm³/mol. The number of rotatable bonds is 8. The van der Waals surface area contributed by atoms with E-state index in [1.54, 1.807) is 12.1 Å². The first-order chi connectivity index (χ1) is 13.9. The van der Waals surface area contributed by atoms with Crippen molar-refractivity contribution < 1.29 is 32.3 Å². The summed E-state index contributed by atoms with van der Waals surface area (Å²) in [6, 6.07) is 6.22. The van der Waals surface area contributed by atoms with Crippen molar-refractivity contribution in [3.63, 3.8) is 0 Å². The number of aromatic nitrogens is 2. The third-order valence-electron chi connectivity index (χ3n) is 4.65. The van der Waals surface area contributed by atoms with Gasteiger partial charge in [0, 0.05) is 25.8 Å². The summed E-state index contributed by atoms with van der Waals surface area (Å²) in [6.45, 7) is 1.17. The molecule has 1 saturated heterocycles. The Hall–Kier alpha value is -2.50. The molecule has 0 bridgehead atoms. The molecule has 0 saturated carbocycles. The first-order valence-corrected chi connectivity index (χ1v) is 10.8. The van der Waals surface area contributed by atoms with Crippen molar-refractivity contribution in [1.82, 2.24) is 15.0 Å². The summed E-state index contributed by atoms with van der Waals surface area (Å²) < 4.78 is 40.1. The number of nitrogens with zero attached hydrogens (tertiary/aromatic N) is 3. The molecule has 1 aromatic carbocycles. The molecule has 1 fully saturated rings. The fourth-order valence-corrected chi connectivity index (χ4v) is 4.12. The molecule has 10 nitrogen and oxygen atoms in total. The lowest BCUT2D eigenvalue weighted by molar-refractivity contribution is -0.00295. The van der Waals surface area contributed by atoms with Crippen molar-refractivity contribution in [3.05, 3.63) is 30.1 Å². The van der Waals surface area contributed by atoms with Crippen LogP contribution in [0.3, 0.4) is 0 Å². The van der Waals surface area contributed by atoms with Crippen LogP contribution >= 0.6 is 0 Å². The lowest BCUT2D eigenvalue weighted by atomic mass is 10.1. The number of methoxy groups -OCH3 is 1. The average Bonchev–Trinajstić information content (AvgIpc) is 3.20. The van der Waals surface area contributed by atoms with Gasteiger partial charge in [0.15, 0.2) is 15.7 Å². The molecule has 0 aliphatic carbocycles. The van der Waals surface area contributed by atoms with Crippen LogP contribution in [0.5, 0.6) is 0 Å². The lowest BCUT2D eigenvalue weighted by Gasteiger charge is -2.29. The molecule has 1 N–H and O–H groups in total. The van der Waals surface area contributed by atoms with Gasteiger partial charge in [0.05, 0.1) is 23.4 Å². The number of amides is 1. The van der Waals surface area contributed by atoms with Gasteiger partial charge in [-0.15, -0.1) is 0 Å². The van der Waals surface area contributed by atoms with E-state index in [1.807, 2.05) is 0 Å². The minimum Gasteiger partial charge on any atom is -0.465 e. The van der Waals surface area contributed by atoms with Crippen molar-refractivity contribution in [2.75, 3.05) is 32.6 Å². The van der Waals surface area contributed by atoms with Crippen LogP contribution in [0.4, 0.5) is 4.79 Å². The molecule has 1 aliphatic heterocycles. The van der Waals surface area contributed by atoms with E-state index in [-0.39, 0.29) is 35.9 Å². The summed E-state index contributed by atoms with van der Waals surface area (Å²) in [5, 5.41) is 12.8. The van der Waals surface area contributed by atoms with E-state index in [4.69, 9.17) is 19.1 Å². The van der Waals surface area contributed by atoms with Crippen LogP contribution in [0.25, 0.3) is 11.5 Å². The van der Waals surface area contributed by atoms with Crippen molar-refractivity contribution in [2.24, 2.45) is 0 Å². The first-order valence-electron chi connectivity index (χ1n) is 9.13. The van der Waals surface area contributed by atoms with Crippen molar-refractivity contribution in [3.8, 4) is 11.5 Å². The Morgan fingerprint density at radius 2 is 1.97 bits per heavy atom. The summed E-state index contributed by atoms with van der Waals surface area (Å²) in [5.74, 6) is 0.554. The van der Waals surface area contributed by atoms with Gasteiger partial charge in [0.25, 0.3) is 5.89 Å². The molecule has 1 aromatic heterocycles. The van der Waals surface area contributed by atoms with Gasteiger partial charge < -0.3 is 24.0 Å². The smallest absolute Gasteiger partial charge is 0.407 e. The number of carboxylic acid groups (broad SMARTS) is 1. The van der Waals surface area contributed by atoms with Gasteiger partial charge >= 0.3 is 6.09 Å². The number of hydrogen-bond donors (Lipinski definition) is 1. The van der Waals surface area contributed by atoms with Gasteiger partial charge in [-0.1, -0.05) is 5.16 Å². The van der Waals surface area contributed by atoms with Crippen LogP contribution in [0.2, 0.25) is 0 Å². The highest BCUT2D eigenvalue weighted by Crippen LogP contribution is 2.21. The van der Waals surface area contributed by atoms with Gasteiger partial charge in [-0.25, -0.2) is 13.2 Å². The van der Waals surface area contributed by atoms with E-state index in [9.17, 15) is 13.2 Å². The molecule has 0 atom stereocenters. The zero-order valence-electron chi connectivity index (χ0n) is 16.0. The molecule has 29 heavy (non-hydrogen) atoms. The Morgan fingerprint density at radius 3 is 2.59 bits per heavy atom. The highest BCUT2D eigenvalue weighted by atomic mass is 32.2. The predicted octanol–water partition coefficient (Wildman–Crippen LogP) is 1.82. The number of ether oxygens (including phenoxy) is 2. The summed E-state index contributed by atoms with van der Waals surface area (Å²) in [7, 11) is -1.95. The fourth-order valence-electron chi connectivity index (χ4n) is 2.95. The third-order valence-corrected chi connectivity index (χ3v) is 6.34. The lowest BCUT2D eigenvalue weighted by Crippen LogP contribution is -2.40. The van der Waals surface area contributed by atoms with Crippen LogP contribution in [0, 0.1) is 0 Å². The molecule has 158 valence electrons. The summed E-state index contributed by atoms with van der Waals surface area (Å²) in [6.07, 6.45) is 0.277. The number of carbonyl (C=O) groups is 1. The largest absolute Gasteiger partial charge is 0.465 e. The Morgan fingerprint density at radius 1 is 1.28 bits per heavy atom. The van der Waals surface area contributed by atoms with E-state index >= 15 is 0 Å². The SMILES string of the molecule is COCCS(=O)(=O)c1ccc(-c2nc(COC3CCN(C(=O)O)CC3)no2)cc1. The zero-order valence-corrected chi connectivity index (χ0v) is 16.8. The molecular formula is C18H23N3O7S. The van der Waals surface area contributed by atoms with Crippen LogP contribution in [0.15, 0.2) is 33.7 Å². The highest BCUT2D eigenvalue weighted by molar-refractivity contribution is 7.91. The topological polar surface area (TPSA) is 132 Å². The minimum atomic E-state index is -3.40. The molecule has 1 amide bonds. The average molecular weight is 425 g/mol. The third kappa shape index (κ3) is 5.52. The van der Waals surface area contributed by atoms with Crippen LogP contribution < -0.4 is 0 Å². The molecule has 3 rings (SSSR count). The van der Waals surface area contributed by atoms with Crippen LogP contribution in [-0.4, -0.2) is 73.3 Å². The van der Waals surface area contributed by atoms with Crippen molar-refractivity contribution >= 4 is 15.9 Å². The molecule has 2 aromatic rings. The highest BCUT2D eigenvalue weighted by Gasteiger charge is 2.23. The second kappa shape index (κ2) is 9.33. The van der Waals surface area contributed by atoms with Gasteiger partial charge in [0.2, 0.25) is 0 Å². The molecule has 11 heteroatoms. The second-order valence-electron chi connectivity index (χ2n) is 6.63. The van der Waals surface area contributed by atoms with Gasteiger partial charge in [-0.3, -0.25) is 0 Å². The number of likely N-dealkylation sites (tertiary alicyclic amines) is 1. The number of sulfone groups is 1. The molecule has 0 unspecified atom stereocenters. The Bertz CT molecular complexity index is 919. The summed E-state index contributed by atoms with van der Waals surface area (Å²) >= 11 is 0. The Balaban J connectivity index is 1.55. The normalized spacial score (nSPS) is 15.6. The summed E-state index contributed by atoms with van der Waals surface area (Å²) in [5.41, 5.74) is 0.601. The fraction of sp³-hybridized carbons (Fsp3) is 0.500. The molecule has 0 spiro atoms. The van der Waals surface area contributed by atoms with E-state index in [0.717, 1.165) is 0 Å². The monoisotopic (exact) mass is 425 g/mol. The van der Waals surface area contributed by atoms with Crippen molar-refractivity contribution in [2.45, 2.75) is 30.4 Å². The zero-order chi connectivity index (χ0) is 20.9. The molecule has 0 radical (unpaired) electrons. The van der Waals surface area contributed by atoms with E-state index in [0.29, 0.717) is 37.3 Å². The van der Waals surface area contributed by atoms with E-state index in [1.165, 1.54) is 24.1 Å².